The number of rotatable bonds is 8. The molecule has 0 spiro atoms. The zero-order valence-corrected chi connectivity index (χ0v) is 18.5. The molecule has 1 amide bonds. The van der Waals surface area contributed by atoms with Crippen LogP contribution in [0.3, 0.4) is 0 Å². The van der Waals surface area contributed by atoms with Gasteiger partial charge in [0, 0.05) is 6.92 Å². The Morgan fingerprint density at radius 3 is 2.13 bits per heavy atom. The molecule has 1 aromatic heterocycles. The highest BCUT2D eigenvalue weighted by Gasteiger charge is 2.18. The van der Waals surface area contributed by atoms with Gasteiger partial charge in [0.1, 0.15) is 5.00 Å². The van der Waals surface area contributed by atoms with E-state index >= 15 is 0 Å². The van der Waals surface area contributed by atoms with Crippen molar-refractivity contribution in [1.82, 2.24) is 4.98 Å². The van der Waals surface area contributed by atoms with Crippen LogP contribution in [0.1, 0.15) is 34.1 Å². The number of amides is 1. The Hall–Kier alpha value is -3.08. The Morgan fingerprint density at radius 1 is 1.10 bits per heavy atom. The van der Waals surface area contributed by atoms with Crippen molar-refractivity contribution in [2.45, 2.75) is 26.7 Å². The first-order chi connectivity index (χ1) is 14.7. The maximum absolute atomic E-state index is 11.9. The maximum Gasteiger partial charge on any atom is 0.335 e. The monoisotopic (exact) mass is 458 g/mol. The van der Waals surface area contributed by atoms with Crippen molar-refractivity contribution >= 4 is 50.3 Å². The lowest BCUT2D eigenvalue weighted by Crippen LogP contribution is -2.19. The van der Waals surface area contributed by atoms with Crippen LogP contribution >= 0.6 is 11.3 Å². The highest BCUT2D eigenvalue weighted by molar-refractivity contribution is 7.81. The molecule has 0 aliphatic rings. The topological polar surface area (TPSA) is 123 Å². The molecule has 2 aromatic carbocycles. The van der Waals surface area contributed by atoms with Crippen molar-refractivity contribution in [3.05, 3.63) is 70.9 Å². The number of nitrogens with zero attached hydrogens (tertiary/aromatic N) is 2. The zero-order chi connectivity index (χ0) is 22.5. The summed E-state index contributed by atoms with van der Waals surface area (Å²) in [7, 11) is 0. The van der Waals surface area contributed by atoms with E-state index in [1.807, 2.05) is 12.1 Å². The van der Waals surface area contributed by atoms with Gasteiger partial charge in [0.25, 0.3) is 0 Å². The number of carbonyl (C=O) groups excluding carboxylic acids is 1. The van der Waals surface area contributed by atoms with Crippen molar-refractivity contribution in [3.8, 4) is 0 Å². The van der Waals surface area contributed by atoms with E-state index in [-0.39, 0.29) is 11.5 Å². The molecular weight excluding hydrogens is 438 g/mol. The zero-order valence-electron chi connectivity index (χ0n) is 16.8. The van der Waals surface area contributed by atoms with Gasteiger partial charge < -0.3 is 15.0 Å². The first-order valence-electron chi connectivity index (χ1n) is 9.30. The minimum atomic E-state index is -2.57. The van der Waals surface area contributed by atoms with Crippen LogP contribution in [0.5, 0.6) is 0 Å². The number of aromatic nitrogens is 1. The van der Waals surface area contributed by atoms with Gasteiger partial charge in [-0.05, 0) is 55.2 Å². The standard InChI is InChI=1S/C21H21N3O5S2/c1-13-19(30-21(22-13)23-14(2)25)24(31(28)29)18-11-7-16(8-12-18)4-3-15-5-9-17(10-6-15)20(26)27/h5-12H,3-4H2,1-2H3,(H,26,27)(H,28,29)(H,22,23,25)/p-1. The van der Waals surface area contributed by atoms with Gasteiger partial charge in [0.15, 0.2) is 5.13 Å². The smallest absolute Gasteiger partial charge is 0.335 e. The molecule has 1 heterocycles. The number of anilines is 3. The number of aryl methyl sites for hydroxylation is 3. The Bertz CT molecular complexity index is 1110. The average Bonchev–Trinajstić information content (AvgIpc) is 3.06. The van der Waals surface area contributed by atoms with Gasteiger partial charge in [-0.3, -0.25) is 13.3 Å². The molecule has 0 aliphatic heterocycles. The number of carboxylic acid groups (broad SMARTS) is 1. The highest BCUT2D eigenvalue weighted by atomic mass is 32.2. The van der Waals surface area contributed by atoms with Gasteiger partial charge in [-0.2, -0.15) is 0 Å². The fourth-order valence-electron chi connectivity index (χ4n) is 2.95. The van der Waals surface area contributed by atoms with E-state index < -0.39 is 17.2 Å². The molecule has 8 nitrogen and oxygen atoms in total. The Morgan fingerprint density at radius 2 is 1.65 bits per heavy atom. The fourth-order valence-corrected chi connectivity index (χ4v) is 4.75. The lowest BCUT2D eigenvalue weighted by atomic mass is 10.0. The molecule has 0 saturated carbocycles. The summed E-state index contributed by atoms with van der Waals surface area (Å²) < 4.78 is 25.0. The van der Waals surface area contributed by atoms with Crippen molar-refractivity contribution in [2.75, 3.05) is 9.62 Å². The predicted octanol–water partition coefficient (Wildman–Crippen LogP) is 3.83. The lowest BCUT2D eigenvalue weighted by Gasteiger charge is -2.25. The van der Waals surface area contributed by atoms with Crippen LogP contribution in [0.2, 0.25) is 0 Å². The molecule has 0 fully saturated rings. The molecule has 31 heavy (non-hydrogen) atoms. The largest absolute Gasteiger partial charge is 0.755 e. The Kier molecular flexibility index (Phi) is 7.16. The molecule has 1 unspecified atom stereocenters. The van der Waals surface area contributed by atoms with Crippen LogP contribution in [0.25, 0.3) is 0 Å². The molecule has 3 rings (SSSR count). The normalized spacial score (nSPS) is 11.7. The van der Waals surface area contributed by atoms with Gasteiger partial charge in [0.05, 0.1) is 28.2 Å². The minimum Gasteiger partial charge on any atom is -0.755 e. The van der Waals surface area contributed by atoms with Gasteiger partial charge >= 0.3 is 5.97 Å². The summed E-state index contributed by atoms with van der Waals surface area (Å²) in [5.74, 6) is -1.24. The first-order valence-corrected chi connectivity index (χ1v) is 11.1. The third-order valence-corrected chi connectivity index (χ3v) is 6.33. The molecule has 0 radical (unpaired) electrons. The number of nitrogens with one attached hydrogen (secondary N) is 1. The first kappa shape index (κ1) is 22.6. The molecule has 0 aliphatic carbocycles. The van der Waals surface area contributed by atoms with Crippen LogP contribution in [0.15, 0.2) is 48.5 Å². The Labute approximate surface area is 186 Å². The Balaban J connectivity index is 1.73. The second-order valence-electron chi connectivity index (χ2n) is 6.77. The maximum atomic E-state index is 11.9. The molecule has 3 aromatic rings. The van der Waals surface area contributed by atoms with Gasteiger partial charge in [-0.1, -0.05) is 35.6 Å². The van der Waals surface area contributed by atoms with Crippen molar-refractivity contribution in [2.24, 2.45) is 0 Å². The van der Waals surface area contributed by atoms with E-state index in [9.17, 15) is 18.4 Å². The SMILES string of the molecule is CC(=O)Nc1nc(C)c(N(c2ccc(CCc3ccc(C(=O)O)cc3)cc2)S(=O)[O-])s1. The quantitative estimate of drug-likeness (QED) is 0.495. The van der Waals surface area contributed by atoms with E-state index in [4.69, 9.17) is 5.11 Å². The summed E-state index contributed by atoms with van der Waals surface area (Å²) >= 11 is -1.49. The number of benzene rings is 2. The summed E-state index contributed by atoms with van der Waals surface area (Å²) in [6, 6.07) is 13.9. The third-order valence-electron chi connectivity index (χ3n) is 4.46. The number of hydrogen-bond donors (Lipinski definition) is 2. The van der Waals surface area contributed by atoms with E-state index in [2.05, 4.69) is 10.3 Å². The van der Waals surface area contributed by atoms with Gasteiger partial charge in [0.2, 0.25) is 5.91 Å². The summed E-state index contributed by atoms with van der Waals surface area (Å²) in [6.07, 6.45) is 1.45. The second-order valence-corrected chi connectivity index (χ2v) is 8.55. The summed E-state index contributed by atoms with van der Waals surface area (Å²) in [6.45, 7) is 3.04. The van der Waals surface area contributed by atoms with Crippen LogP contribution in [-0.4, -0.2) is 30.7 Å². The predicted molar refractivity (Wildman–Crippen MR) is 119 cm³/mol. The van der Waals surface area contributed by atoms with Crippen LogP contribution in [0, 0.1) is 6.92 Å². The van der Waals surface area contributed by atoms with Crippen molar-refractivity contribution in [1.29, 1.82) is 0 Å². The average molecular weight is 459 g/mol. The van der Waals surface area contributed by atoms with Crippen LogP contribution < -0.4 is 9.62 Å². The molecule has 1 atom stereocenters. The van der Waals surface area contributed by atoms with Crippen LogP contribution in [0.4, 0.5) is 15.8 Å². The van der Waals surface area contributed by atoms with E-state index in [0.717, 1.165) is 39.6 Å². The summed E-state index contributed by atoms with van der Waals surface area (Å²) in [4.78, 5) is 26.4. The molecular formula is C21H20N3O5S2-. The lowest BCUT2D eigenvalue weighted by molar-refractivity contribution is -0.114. The molecule has 162 valence electrons. The van der Waals surface area contributed by atoms with E-state index in [0.29, 0.717) is 21.5 Å². The van der Waals surface area contributed by atoms with Gasteiger partial charge in [-0.15, -0.1) is 0 Å². The number of thiazole rings is 1. The summed E-state index contributed by atoms with van der Waals surface area (Å²) in [5.41, 5.74) is 3.24. The molecule has 10 heteroatoms. The van der Waals surface area contributed by atoms with E-state index in [1.54, 1.807) is 43.3 Å². The van der Waals surface area contributed by atoms with Crippen molar-refractivity contribution < 1.29 is 23.5 Å². The molecule has 0 saturated heterocycles. The fraction of sp³-hybridized carbons (Fsp3) is 0.190. The number of aromatic carboxylic acids is 1. The number of carboxylic acids is 1. The number of hydrogen-bond acceptors (Lipinski definition) is 6. The highest BCUT2D eigenvalue weighted by Crippen LogP contribution is 2.37. The molecule has 0 bridgehead atoms. The summed E-state index contributed by atoms with van der Waals surface area (Å²) in [5, 5.41) is 12.3. The van der Waals surface area contributed by atoms with Crippen LogP contribution in [-0.2, 0) is 28.9 Å². The number of carbonyl (C=O) groups is 2. The molecule has 2 N–H and O–H groups in total. The van der Waals surface area contributed by atoms with Crippen molar-refractivity contribution in [3.63, 3.8) is 0 Å². The second kappa shape index (κ2) is 9.82. The van der Waals surface area contributed by atoms with Gasteiger partial charge in [-0.25, -0.2) is 9.78 Å². The van der Waals surface area contributed by atoms with E-state index in [1.165, 1.54) is 6.92 Å². The minimum absolute atomic E-state index is 0.249. The third kappa shape index (κ3) is 5.75.